The molecule has 0 radical (unpaired) electrons. The van der Waals surface area contributed by atoms with Crippen molar-refractivity contribution < 1.29 is 9.32 Å². The third kappa shape index (κ3) is 2.50. The predicted octanol–water partition coefficient (Wildman–Crippen LogP) is 3.61. The van der Waals surface area contributed by atoms with Crippen LogP contribution in [0, 0.1) is 13.8 Å². The largest absolute Gasteiger partial charge is 0.361 e. The maximum atomic E-state index is 12.9. The zero-order valence-corrected chi connectivity index (χ0v) is 14.0. The molecule has 1 aromatic carbocycles. The molecule has 1 aliphatic heterocycles. The number of para-hydroxylation sites is 1. The van der Waals surface area contributed by atoms with Crippen molar-refractivity contribution in [2.75, 3.05) is 6.54 Å². The molecule has 1 aliphatic rings. The Labute approximate surface area is 140 Å². The number of nitrogens with zero attached hydrogens (tertiary/aromatic N) is 3. The third-order valence-electron chi connectivity index (χ3n) is 4.85. The molecule has 3 aromatic rings. The molecule has 1 amide bonds. The van der Waals surface area contributed by atoms with Crippen LogP contribution in [0.4, 0.5) is 0 Å². The van der Waals surface area contributed by atoms with E-state index in [0.717, 1.165) is 36.4 Å². The standard InChI is InChI=1S/C19H21N3O2/c1-13-11-21(17-7-4-3-6-15(13)17)12-19(23)22-9-5-8-18(22)16-10-14(2)24-20-16/h3-4,6-7,10-11,18H,5,8-9,12H2,1-2H3/t18-/m1/s1. The first-order valence-corrected chi connectivity index (χ1v) is 8.40. The van der Waals surface area contributed by atoms with Gasteiger partial charge in [0.1, 0.15) is 18.0 Å². The first kappa shape index (κ1) is 15.0. The van der Waals surface area contributed by atoms with Crippen molar-refractivity contribution in [1.29, 1.82) is 0 Å². The number of benzene rings is 1. The first-order chi connectivity index (χ1) is 11.6. The van der Waals surface area contributed by atoms with Crippen LogP contribution in [-0.2, 0) is 11.3 Å². The first-order valence-electron chi connectivity index (χ1n) is 8.40. The van der Waals surface area contributed by atoms with Gasteiger partial charge in [0.2, 0.25) is 5.91 Å². The Morgan fingerprint density at radius 2 is 2.17 bits per heavy atom. The van der Waals surface area contributed by atoms with Crippen molar-refractivity contribution in [3.05, 3.63) is 53.5 Å². The van der Waals surface area contributed by atoms with Gasteiger partial charge in [-0.3, -0.25) is 4.79 Å². The van der Waals surface area contributed by atoms with E-state index in [-0.39, 0.29) is 11.9 Å². The fourth-order valence-corrected chi connectivity index (χ4v) is 3.71. The van der Waals surface area contributed by atoms with Gasteiger partial charge in [-0.2, -0.15) is 0 Å². The van der Waals surface area contributed by atoms with Crippen LogP contribution in [0.1, 0.15) is 35.9 Å². The summed E-state index contributed by atoms with van der Waals surface area (Å²) in [5.41, 5.74) is 3.17. The highest BCUT2D eigenvalue weighted by molar-refractivity contribution is 5.86. The van der Waals surface area contributed by atoms with Gasteiger partial charge in [0.25, 0.3) is 0 Å². The van der Waals surface area contributed by atoms with Crippen molar-refractivity contribution >= 4 is 16.8 Å². The molecule has 5 heteroatoms. The van der Waals surface area contributed by atoms with Crippen LogP contribution < -0.4 is 0 Å². The van der Waals surface area contributed by atoms with Gasteiger partial charge in [0.15, 0.2) is 0 Å². The fourth-order valence-electron chi connectivity index (χ4n) is 3.71. The Morgan fingerprint density at radius 1 is 1.33 bits per heavy atom. The molecule has 0 N–H and O–H groups in total. The summed E-state index contributed by atoms with van der Waals surface area (Å²) in [5, 5.41) is 5.32. The molecule has 5 nitrogen and oxygen atoms in total. The van der Waals surface area contributed by atoms with E-state index in [2.05, 4.69) is 35.0 Å². The zero-order chi connectivity index (χ0) is 16.7. The van der Waals surface area contributed by atoms with Gasteiger partial charge in [0, 0.05) is 29.7 Å². The van der Waals surface area contributed by atoms with Crippen LogP contribution in [0.3, 0.4) is 0 Å². The second kappa shape index (κ2) is 5.82. The molecule has 4 rings (SSSR count). The van der Waals surface area contributed by atoms with E-state index in [1.807, 2.05) is 30.0 Å². The van der Waals surface area contributed by atoms with E-state index in [1.165, 1.54) is 10.9 Å². The second-order valence-electron chi connectivity index (χ2n) is 6.56. The number of carbonyl (C=O) groups excluding carboxylic acids is 1. The van der Waals surface area contributed by atoms with E-state index < -0.39 is 0 Å². The van der Waals surface area contributed by atoms with Crippen molar-refractivity contribution in [2.45, 2.75) is 39.3 Å². The molecular weight excluding hydrogens is 302 g/mol. The maximum Gasteiger partial charge on any atom is 0.243 e. The fraction of sp³-hybridized carbons (Fsp3) is 0.368. The summed E-state index contributed by atoms with van der Waals surface area (Å²) in [6, 6.07) is 10.2. The molecule has 0 saturated carbocycles. The van der Waals surface area contributed by atoms with E-state index >= 15 is 0 Å². The minimum atomic E-state index is 0.0397. The maximum absolute atomic E-state index is 12.9. The Morgan fingerprint density at radius 3 is 2.96 bits per heavy atom. The number of amides is 1. The summed E-state index contributed by atoms with van der Waals surface area (Å²) < 4.78 is 7.24. The monoisotopic (exact) mass is 323 g/mol. The number of hydrogen-bond acceptors (Lipinski definition) is 3. The second-order valence-corrected chi connectivity index (χ2v) is 6.56. The lowest BCUT2D eigenvalue weighted by atomic mass is 10.1. The number of fused-ring (bicyclic) bond motifs is 1. The summed E-state index contributed by atoms with van der Waals surface area (Å²) >= 11 is 0. The van der Waals surface area contributed by atoms with Gasteiger partial charge < -0.3 is 14.0 Å². The molecule has 24 heavy (non-hydrogen) atoms. The predicted molar refractivity (Wildman–Crippen MR) is 91.6 cm³/mol. The van der Waals surface area contributed by atoms with Crippen LogP contribution >= 0.6 is 0 Å². The van der Waals surface area contributed by atoms with Crippen molar-refractivity contribution in [1.82, 2.24) is 14.6 Å². The molecule has 0 aliphatic carbocycles. The van der Waals surface area contributed by atoms with Crippen LogP contribution in [-0.4, -0.2) is 27.1 Å². The van der Waals surface area contributed by atoms with Crippen LogP contribution in [0.5, 0.6) is 0 Å². The van der Waals surface area contributed by atoms with Crippen molar-refractivity contribution in [3.63, 3.8) is 0 Å². The van der Waals surface area contributed by atoms with E-state index in [9.17, 15) is 4.79 Å². The highest BCUT2D eigenvalue weighted by Crippen LogP contribution is 2.32. The smallest absolute Gasteiger partial charge is 0.243 e. The molecule has 0 unspecified atom stereocenters. The molecule has 1 fully saturated rings. The highest BCUT2D eigenvalue weighted by Gasteiger charge is 2.32. The minimum Gasteiger partial charge on any atom is -0.361 e. The van der Waals surface area contributed by atoms with E-state index in [4.69, 9.17) is 4.52 Å². The van der Waals surface area contributed by atoms with E-state index in [0.29, 0.717) is 6.54 Å². The minimum absolute atomic E-state index is 0.0397. The Balaban J connectivity index is 1.59. The lowest BCUT2D eigenvalue weighted by Gasteiger charge is -2.23. The van der Waals surface area contributed by atoms with Gasteiger partial charge in [-0.1, -0.05) is 23.4 Å². The topological polar surface area (TPSA) is 51.3 Å². The summed E-state index contributed by atoms with van der Waals surface area (Å²) in [5.74, 6) is 0.926. The van der Waals surface area contributed by atoms with Gasteiger partial charge in [-0.05, 0) is 38.3 Å². The molecule has 124 valence electrons. The number of hydrogen-bond donors (Lipinski definition) is 0. The normalized spacial score (nSPS) is 17.8. The molecule has 1 atom stereocenters. The van der Waals surface area contributed by atoms with Crippen molar-refractivity contribution in [2.24, 2.45) is 0 Å². The SMILES string of the molecule is Cc1cc([C@H]2CCCN2C(=O)Cn2cc(C)c3ccccc32)no1. The molecule has 2 aromatic heterocycles. The highest BCUT2D eigenvalue weighted by atomic mass is 16.5. The summed E-state index contributed by atoms with van der Waals surface area (Å²) in [4.78, 5) is 14.9. The van der Waals surface area contributed by atoms with Gasteiger partial charge in [-0.25, -0.2) is 0 Å². The molecular formula is C19H21N3O2. The molecule has 0 spiro atoms. The molecule has 1 saturated heterocycles. The van der Waals surface area contributed by atoms with E-state index in [1.54, 1.807) is 0 Å². The molecule has 0 bridgehead atoms. The quantitative estimate of drug-likeness (QED) is 0.740. The van der Waals surface area contributed by atoms with Crippen molar-refractivity contribution in [3.8, 4) is 0 Å². The number of carbonyl (C=O) groups is 1. The van der Waals surface area contributed by atoms with Crippen LogP contribution in [0.2, 0.25) is 0 Å². The average Bonchev–Trinajstić information content (AvgIpc) is 3.28. The summed E-state index contributed by atoms with van der Waals surface area (Å²) in [6.45, 7) is 5.11. The summed E-state index contributed by atoms with van der Waals surface area (Å²) in [6.07, 6.45) is 4.02. The van der Waals surface area contributed by atoms with Gasteiger partial charge in [-0.15, -0.1) is 0 Å². The average molecular weight is 323 g/mol. The number of aryl methyl sites for hydroxylation is 2. The lowest BCUT2D eigenvalue weighted by molar-refractivity contribution is -0.132. The Bertz CT molecular complexity index is 893. The van der Waals surface area contributed by atoms with Crippen LogP contribution in [0.25, 0.3) is 10.9 Å². The Hall–Kier alpha value is -2.56. The lowest BCUT2D eigenvalue weighted by Crippen LogP contribution is -2.33. The number of rotatable bonds is 3. The molecule has 3 heterocycles. The van der Waals surface area contributed by atoms with Gasteiger partial charge in [0.05, 0.1) is 6.04 Å². The summed E-state index contributed by atoms with van der Waals surface area (Å²) in [7, 11) is 0. The Kier molecular flexibility index (Phi) is 3.63. The zero-order valence-electron chi connectivity index (χ0n) is 14.0. The number of aromatic nitrogens is 2. The van der Waals surface area contributed by atoms with Crippen LogP contribution in [0.15, 0.2) is 41.1 Å². The third-order valence-corrected chi connectivity index (χ3v) is 4.85. The van der Waals surface area contributed by atoms with Gasteiger partial charge >= 0.3 is 0 Å². The number of likely N-dealkylation sites (tertiary alicyclic amines) is 1.